The molecule has 122 valence electrons. The van der Waals surface area contributed by atoms with Crippen molar-refractivity contribution < 1.29 is 18.4 Å². The van der Waals surface area contributed by atoms with Crippen LogP contribution < -0.4 is 4.74 Å². The van der Waals surface area contributed by atoms with E-state index in [1.54, 1.807) is 18.2 Å². The van der Waals surface area contributed by atoms with Gasteiger partial charge in [-0.1, -0.05) is 41.6 Å². The number of benzene rings is 3. The highest BCUT2D eigenvalue weighted by Gasteiger charge is 2.14. The largest absolute Gasteiger partial charge is 0.423 e. The van der Waals surface area contributed by atoms with E-state index in [-0.39, 0.29) is 5.56 Å². The van der Waals surface area contributed by atoms with Gasteiger partial charge in [0.15, 0.2) is 5.58 Å². The molecule has 4 nitrogen and oxygen atoms in total. The maximum Gasteiger partial charge on any atom is 0.343 e. The van der Waals surface area contributed by atoms with E-state index in [9.17, 15) is 9.18 Å². The van der Waals surface area contributed by atoms with Gasteiger partial charge in [0.1, 0.15) is 17.3 Å². The van der Waals surface area contributed by atoms with E-state index in [1.165, 1.54) is 18.2 Å². The molecule has 0 radical (unpaired) electrons. The van der Waals surface area contributed by atoms with Gasteiger partial charge in [-0.05, 0) is 30.3 Å². The van der Waals surface area contributed by atoms with Crippen molar-refractivity contribution in [3.63, 3.8) is 0 Å². The first-order valence-electron chi connectivity index (χ1n) is 7.63. The van der Waals surface area contributed by atoms with E-state index in [0.29, 0.717) is 11.3 Å². The lowest BCUT2D eigenvalue weighted by Crippen LogP contribution is -2.08. The molecule has 0 saturated heterocycles. The Morgan fingerprint density at radius 2 is 1.80 bits per heavy atom. The zero-order valence-corrected chi connectivity index (χ0v) is 13.0. The topological polar surface area (TPSA) is 52.3 Å². The number of ether oxygens (including phenoxy) is 1. The molecule has 4 aromatic rings. The van der Waals surface area contributed by atoms with Crippen LogP contribution >= 0.6 is 0 Å². The normalized spacial score (nSPS) is 10.8. The van der Waals surface area contributed by atoms with Crippen molar-refractivity contribution in [1.29, 1.82) is 0 Å². The molecule has 0 atom stereocenters. The van der Waals surface area contributed by atoms with Crippen molar-refractivity contribution in [1.82, 2.24) is 5.16 Å². The van der Waals surface area contributed by atoms with Crippen LogP contribution in [0.5, 0.6) is 5.75 Å². The molecule has 0 bridgehead atoms. The molecule has 0 aliphatic heterocycles. The van der Waals surface area contributed by atoms with Crippen LogP contribution in [0, 0.1) is 5.82 Å². The molecule has 0 spiro atoms. The predicted molar refractivity (Wildman–Crippen MR) is 90.8 cm³/mol. The number of carbonyl (C=O) groups excluding carboxylic acids is 1. The summed E-state index contributed by atoms with van der Waals surface area (Å²) in [6.07, 6.45) is 0. The number of hydrogen-bond acceptors (Lipinski definition) is 4. The maximum atomic E-state index is 13.2. The third-order valence-electron chi connectivity index (χ3n) is 3.76. The zero-order chi connectivity index (χ0) is 17.2. The van der Waals surface area contributed by atoms with Crippen molar-refractivity contribution in [2.45, 2.75) is 0 Å². The fourth-order valence-electron chi connectivity index (χ4n) is 2.57. The Kier molecular flexibility index (Phi) is 3.74. The molecule has 25 heavy (non-hydrogen) atoms. The van der Waals surface area contributed by atoms with Crippen LogP contribution in [0.15, 0.2) is 77.3 Å². The smallest absolute Gasteiger partial charge is 0.343 e. The molecular weight excluding hydrogens is 321 g/mol. The molecule has 0 saturated carbocycles. The molecule has 0 amide bonds. The lowest BCUT2D eigenvalue weighted by molar-refractivity contribution is 0.0734. The van der Waals surface area contributed by atoms with Crippen molar-refractivity contribution in [3.8, 4) is 17.0 Å². The number of esters is 1. The number of hydrogen-bond donors (Lipinski definition) is 0. The Morgan fingerprint density at radius 1 is 0.960 bits per heavy atom. The maximum absolute atomic E-state index is 13.2. The molecule has 1 aromatic heterocycles. The van der Waals surface area contributed by atoms with Gasteiger partial charge in [0, 0.05) is 17.0 Å². The van der Waals surface area contributed by atoms with Gasteiger partial charge in [0.2, 0.25) is 0 Å². The summed E-state index contributed by atoms with van der Waals surface area (Å²) in [6, 6.07) is 20.0. The number of nitrogens with zero attached hydrogens (tertiary/aromatic N) is 1. The number of rotatable bonds is 3. The fourth-order valence-corrected chi connectivity index (χ4v) is 2.57. The molecule has 0 N–H and O–H groups in total. The summed E-state index contributed by atoms with van der Waals surface area (Å²) in [5.74, 6) is -0.827. The van der Waals surface area contributed by atoms with Gasteiger partial charge in [-0.25, -0.2) is 9.18 Å². The Morgan fingerprint density at radius 3 is 2.60 bits per heavy atom. The minimum Gasteiger partial charge on any atom is -0.423 e. The standard InChI is InChI=1S/C20H12FNO3/c21-15-8-4-7-14(11-15)20(23)24-16-9-10-17-18(12-16)25-22-19(17)13-5-2-1-3-6-13/h1-12H. The number of halogens is 1. The SMILES string of the molecule is O=C(Oc1ccc2c(-c3ccccc3)noc2c1)c1cccc(F)c1. The number of carbonyl (C=O) groups is 1. The van der Waals surface area contributed by atoms with Crippen LogP contribution in [-0.4, -0.2) is 11.1 Å². The fraction of sp³-hybridized carbons (Fsp3) is 0. The molecule has 3 aromatic carbocycles. The Labute approximate surface area is 142 Å². The first-order chi connectivity index (χ1) is 12.2. The summed E-state index contributed by atoms with van der Waals surface area (Å²) < 4.78 is 23.8. The monoisotopic (exact) mass is 333 g/mol. The second kappa shape index (κ2) is 6.20. The van der Waals surface area contributed by atoms with E-state index < -0.39 is 11.8 Å². The van der Waals surface area contributed by atoms with Crippen molar-refractivity contribution in [3.05, 3.63) is 84.2 Å². The van der Waals surface area contributed by atoms with Gasteiger partial charge in [0.25, 0.3) is 0 Å². The number of fused-ring (bicyclic) bond motifs is 1. The summed E-state index contributed by atoms with van der Waals surface area (Å²) in [4.78, 5) is 12.1. The minimum atomic E-state index is -0.637. The summed E-state index contributed by atoms with van der Waals surface area (Å²) in [5.41, 5.74) is 2.30. The van der Waals surface area contributed by atoms with E-state index in [0.717, 1.165) is 22.7 Å². The highest BCUT2D eigenvalue weighted by molar-refractivity contribution is 5.94. The Balaban J connectivity index is 1.63. The van der Waals surface area contributed by atoms with Gasteiger partial charge in [-0.15, -0.1) is 0 Å². The highest BCUT2D eigenvalue weighted by Crippen LogP contribution is 2.30. The molecule has 5 heteroatoms. The average Bonchev–Trinajstić information content (AvgIpc) is 3.05. The molecular formula is C20H12FNO3. The van der Waals surface area contributed by atoms with E-state index in [2.05, 4.69) is 5.16 Å². The van der Waals surface area contributed by atoms with Gasteiger partial charge in [0.05, 0.1) is 5.56 Å². The van der Waals surface area contributed by atoms with Crippen LogP contribution in [0.1, 0.15) is 10.4 Å². The third kappa shape index (κ3) is 2.99. The van der Waals surface area contributed by atoms with Gasteiger partial charge < -0.3 is 9.26 Å². The zero-order valence-electron chi connectivity index (χ0n) is 13.0. The van der Waals surface area contributed by atoms with Gasteiger partial charge >= 0.3 is 5.97 Å². The first kappa shape index (κ1) is 15.1. The van der Waals surface area contributed by atoms with Crippen LogP contribution in [0.25, 0.3) is 22.2 Å². The van der Waals surface area contributed by atoms with Crippen LogP contribution in [0.2, 0.25) is 0 Å². The molecule has 0 fully saturated rings. The van der Waals surface area contributed by atoms with Crippen molar-refractivity contribution in [2.24, 2.45) is 0 Å². The minimum absolute atomic E-state index is 0.141. The lowest BCUT2D eigenvalue weighted by Gasteiger charge is -2.04. The quantitative estimate of drug-likeness (QED) is 0.397. The van der Waals surface area contributed by atoms with Crippen LogP contribution in [0.3, 0.4) is 0 Å². The van der Waals surface area contributed by atoms with Gasteiger partial charge in [-0.3, -0.25) is 0 Å². The van der Waals surface area contributed by atoms with Crippen molar-refractivity contribution in [2.75, 3.05) is 0 Å². The summed E-state index contributed by atoms with van der Waals surface area (Å²) in [7, 11) is 0. The summed E-state index contributed by atoms with van der Waals surface area (Å²) in [5, 5.41) is 4.91. The molecule has 0 aliphatic rings. The molecule has 0 aliphatic carbocycles. The molecule has 0 unspecified atom stereocenters. The molecule has 4 rings (SSSR count). The van der Waals surface area contributed by atoms with Crippen LogP contribution in [-0.2, 0) is 0 Å². The van der Waals surface area contributed by atoms with E-state index in [1.807, 2.05) is 30.3 Å². The first-order valence-corrected chi connectivity index (χ1v) is 7.63. The van der Waals surface area contributed by atoms with Crippen molar-refractivity contribution >= 4 is 16.9 Å². The van der Waals surface area contributed by atoms with Crippen LogP contribution in [0.4, 0.5) is 4.39 Å². The second-order valence-electron chi connectivity index (χ2n) is 5.46. The van der Waals surface area contributed by atoms with E-state index in [4.69, 9.17) is 9.26 Å². The van der Waals surface area contributed by atoms with Gasteiger partial charge in [-0.2, -0.15) is 0 Å². The Hall–Kier alpha value is -3.47. The predicted octanol–water partition coefficient (Wildman–Crippen LogP) is 4.85. The molecule has 1 heterocycles. The van der Waals surface area contributed by atoms with E-state index >= 15 is 0 Å². The summed E-state index contributed by atoms with van der Waals surface area (Å²) in [6.45, 7) is 0. The number of aromatic nitrogens is 1. The second-order valence-corrected chi connectivity index (χ2v) is 5.46. The average molecular weight is 333 g/mol. The Bertz CT molecular complexity index is 1060. The lowest BCUT2D eigenvalue weighted by atomic mass is 10.1. The highest BCUT2D eigenvalue weighted by atomic mass is 19.1. The third-order valence-corrected chi connectivity index (χ3v) is 3.76. The summed E-state index contributed by atoms with van der Waals surface area (Å²) >= 11 is 0.